The van der Waals surface area contributed by atoms with Crippen LogP contribution in [0.5, 0.6) is 0 Å². The van der Waals surface area contributed by atoms with Crippen molar-refractivity contribution < 1.29 is 9.53 Å². The first-order valence-corrected chi connectivity index (χ1v) is 9.08. The van der Waals surface area contributed by atoms with E-state index < -0.39 is 0 Å². The van der Waals surface area contributed by atoms with Gasteiger partial charge in [0.2, 0.25) is 0 Å². The third kappa shape index (κ3) is 2.65. The Kier molecular flexibility index (Phi) is 3.63. The van der Waals surface area contributed by atoms with Crippen molar-refractivity contribution in [2.45, 2.75) is 11.8 Å². The molecular weight excluding hydrogens is 342 g/mol. The Labute approximate surface area is 155 Å². The van der Waals surface area contributed by atoms with E-state index >= 15 is 0 Å². The van der Waals surface area contributed by atoms with E-state index in [1.54, 1.807) is 11.0 Å². The average Bonchev–Trinajstić information content (AvgIpc) is 3.20. The molecule has 2 aliphatic rings. The molecular formula is C21H19N3O3. The molecule has 2 heterocycles. The smallest absolute Gasteiger partial charge is 0.409 e. The van der Waals surface area contributed by atoms with Crippen LogP contribution in [-0.4, -0.2) is 40.9 Å². The van der Waals surface area contributed by atoms with Gasteiger partial charge in [0, 0.05) is 36.7 Å². The molecule has 0 radical (unpaired) electrons. The lowest BCUT2D eigenvalue weighted by molar-refractivity contribution is 0.0689. The van der Waals surface area contributed by atoms with E-state index in [9.17, 15) is 9.59 Å². The first kappa shape index (κ1) is 15.9. The molecule has 0 unspecified atom stereocenters. The van der Waals surface area contributed by atoms with Crippen molar-refractivity contribution >= 4 is 6.09 Å². The van der Waals surface area contributed by atoms with Crippen LogP contribution in [0.25, 0.3) is 11.1 Å². The van der Waals surface area contributed by atoms with Gasteiger partial charge in [-0.1, -0.05) is 48.5 Å². The summed E-state index contributed by atoms with van der Waals surface area (Å²) in [6.07, 6.45) is -0.300. The van der Waals surface area contributed by atoms with Crippen LogP contribution in [0.1, 0.15) is 28.7 Å². The molecule has 1 aliphatic heterocycles. The van der Waals surface area contributed by atoms with Gasteiger partial charge < -0.3 is 14.7 Å². The first-order chi connectivity index (χ1) is 13.2. The Hall–Kier alpha value is -3.28. The van der Waals surface area contributed by atoms with Gasteiger partial charge in [0.25, 0.3) is 5.56 Å². The number of hydrogen-bond donors (Lipinski definition) is 2. The summed E-state index contributed by atoms with van der Waals surface area (Å²) in [5.41, 5.74) is 5.53. The third-order valence-corrected chi connectivity index (χ3v) is 5.53. The monoisotopic (exact) mass is 361 g/mol. The van der Waals surface area contributed by atoms with Crippen LogP contribution >= 0.6 is 0 Å². The molecule has 6 nitrogen and oxygen atoms in total. The Morgan fingerprint density at radius 2 is 1.63 bits per heavy atom. The van der Waals surface area contributed by atoms with E-state index in [-0.39, 0.29) is 23.5 Å². The number of aromatic nitrogens is 2. The fourth-order valence-corrected chi connectivity index (χ4v) is 4.08. The lowest BCUT2D eigenvalue weighted by atomic mass is 9.97. The minimum Gasteiger partial charge on any atom is -0.448 e. The van der Waals surface area contributed by atoms with Crippen LogP contribution in [0.2, 0.25) is 0 Å². The van der Waals surface area contributed by atoms with E-state index in [0.29, 0.717) is 19.7 Å². The largest absolute Gasteiger partial charge is 0.448 e. The maximum absolute atomic E-state index is 12.4. The Morgan fingerprint density at radius 1 is 1.00 bits per heavy atom. The zero-order chi connectivity index (χ0) is 18.4. The standard InChI is InChI=1S/C21H19N3O3/c25-20-9-19(22-23-20)13-10-24(11-13)21(26)27-12-18-16-7-3-1-5-14(16)15-6-2-4-8-17(15)18/h1-9,13,18H,10-12H2,(H2,22,23,25). The van der Waals surface area contributed by atoms with Crippen molar-refractivity contribution in [3.05, 3.63) is 81.8 Å². The molecule has 5 rings (SSSR count). The molecule has 0 atom stereocenters. The lowest BCUT2D eigenvalue weighted by Crippen LogP contribution is -2.49. The number of nitrogens with one attached hydrogen (secondary N) is 2. The molecule has 1 aliphatic carbocycles. The normalized spacial score (nSPS) is 15.9. The highest BCUT2D eigenvalue weighted by Gasteiger charge is 2.35. The summed E-state index contributed by atoms with van der Waals surface area (Å²) in [6.45, 7) is 1.45. The van der Waals surface area contributed by atoms with E-state index in [0.717, 1.165) is 5.69 Å². The SMILES string of the molecule is O=C(OCC1c2ccccc2-c2ccccc21)N1CC(c2cc(=O)[nH][nH]2)C1. The van der Waals surface area contributed by atoms with Crippen molar-refractivity contribution in [2.75, 3.05) is 19.7 Å². The number of H-pyrrole nitrogens is 2. The van der Waals surface area contributed by atoms with Gasteiger partial charge in [-0.3, -0.25) is 9.89 Å². The number of amides is 1. The van der Waals surface area contributed by atoms with Gasteiger partial charge in [-0.15, -0.1) is 0 Å². The molecule has 1 aromatic heterocycles. The Balaban J connectivity index is 1.26. The molecule has 27 heavy (non-hydrogen) atoms. The third-order valence-electron chi connectivity index (χ3n) is 5.53. The predicted octanol–water partition coefficient (Wildman–Crippen LogP) is 3.05. The number of aromatic amines is 2. The lowest BCUT2D eigenvalue weighted by Gasteiger charge is -2.37. The van der Waals surface area contributed by atoms with Gasteiger partial charge in [-0.2, -0.15) is 0 Å². The highest BCUT2D eigenvalue weighted by Crippen LogP contribution is 2.44. The van der Waals surface area contributed by atoms with Crippen molar-refractivity contribution in [3.63, 3.8) is 0 Å². The zero-order valence-corrected chi connectivity index (χ0v) is 14.6. The summed E-state index contributed by atoms with van der Waals surface area (Å²) in [5.74, 6) is 0.226. The number of hydrogen-bond acceptors (Lipinski definition) is 3. The maximum Gasteiger partial charge on any atom is 0.409 e. The Bertz CT molecular complexity index is 1020. The molecule has 1 saturated heterocycles. The van der Waals surface area contributed by atoms with Crippen LogP contribution in [0, 0.1) is 0 Å². The Morgan fingerprint density at radius 3 is 2.22 bits per heavy atom. The molecule has 0 spiro atoms. The van der Waals surface area contributed by atoms with E-state index in [4.69, 9.17) is 4.74 Å². The molecule has 0 saturated carbocycles. The van der Waals surface area contributed by atoms with Gasteiger partial charge >= 0.3 is 6.09 Å². The van der Waals surface area contributed by atoms with Gasteiger partial charge in [-0.05, 0) is 22.3 Å². The molecule has 2 N–H and O–H groups in total. The van der Waals surface area contributed by atoms with Crippen LogP contribution in [-0.2, 0) is 4.74 Å². The minimum atomic E-state index is -0.300. The molecule has 0 bridgehead atoms. The summed E-state index contributed by atoms with van der Waals surface area (Å²) in [5, 5.41) is 5.38. The number of rotatable bonds is 3. The molecule has 2 aromatic carbocycles. The molecule has 3 aromatic rings. The number of ether oxygens (including phenoxy) is 1. The minimum absolute atomic E-state index is 0.0689. The van der Waals surface area contributed by atoms with Crippen molar-refractivity contribution in [1.29, 1.82) is 0 Å². The van der Waals surface area contributed by atoms with Crippen molar-refractivity contribution in [1.82, 2.24) is 15.1 Å². The number of nitrogens with zero attached hydrogens (tertiary/aromatic N) is 1. The van der Waals surface area contributed by atoms with Gasteiger partial charge in [0.05, 0.1) is 0 Å². The second-order valence-corrected chi connectivity index (χ2v) is 7.12. The van der Waals surface area contributed by atoms with Crippen LogP contribution in [0.4, 0.5) is 4.79 Å². The quantitative estimate of drug-likeness (QED) is 0.753. The molecule has 136 valence electrons. The topological polar surface area (TPSA) is 78.2 Å². The van der Waals surface area contributed by atoms with Gasteiger partial charge in [0.1, 0.15) is 6.61 Å². The van der Waals surface area contributed by atoms with Crippen LogP contribution < -0.4 is 5.56 Å². The number of carbonyl (C=O) groups is 1. The second-order valence-electron chi connectivity index (χ2n) is 7.12. The molecule has 1 amide bonds. The first-order valence-electron chi connectivity index (χ1n) is 9.08. The van der Waals surface area contributed by atoms with E-state index in [1.165, 1.54) is 22.3 Å². The van der Waals surface area contributed by atoms with E-state index in [2.05, 4.69) is 34.5 Å². The summed E-state index contributed by atoms with van der Waals surface area (Å²) in [4.78, 5) is 25.3. The molecule has 6 heteroatoms. The number of likely N-dealkylation sites (tertiary alicyclic amines) is 1. The second kappa shape index (κ2) is 6.16. The zero-order valence-electron chi connectivity index (χ0n) is 14.6. The summed E-state index contributed by atoms with van der Waals surface area (Å²) in [6, 6.07) is 18.1. The highest BCUT2D eigenvalue weighted by atomic mass is 16.6. The number of carbonyl (C=O) groups excluding carboxylic acids is 1. The molecule has 1 fully saturated rings. The fraction of sp³-hybridized carbons (Fsp3) is 0.238. The highest BCUT2D eigenvalue weighted by molar-refractivity contribution is 5.79. The summed E-state index contributed by atoms with van der Waals surface area (Å²) >= 11 is 0. The number of fused-ring (bicyclic) bond motifs is 3. The number of benzene rings is 2. The van der Waals surface area contributed by atoms with E-state index in [1.807, 2.05) is 24.3 Å². The van der Waals surface area contributed by atoms with Crippen molar-refractivity contribution in [3.8, 4) is 11.1 Å². The van der Waals surface area contributed by atoms with Crippen LogP contribution in [0.15, 0.2) is 59.4 Å². The van der Waals surface area contributed by atoms with Crippen molar-refractivity contribution in [2.24, 2.45) is 0 Å². The van der Waals surface area contributed by atoms with Crippen LogP contribution in [0.3, 0.4) is 0 Å². The average molecular weight is 361 g/mol. The maximum atomic E-state index is 12.4. The van der Waals surface area contributed by atoms with Gasteiger partial charge in [-0.25, -0.2) is 4.79 Å². The predicted molar refractivity (Wildman–Crippen MR) is 101 cm³/mol. The fourth-order valence-electron chi connectivity index (χ4n) is 4.08. The summed E-state index contributed by atoms with van der Waals surface area (Å²) in [7, 11) is 0. The summed E-state index contributed by atoms with van der Waals surface area (Å²) < 4.78 is 5.64. The van der Waals surface area contributed by atoms with Gasteiger partial charge in [0.15, 0.2) is 0 Å².